The number of hydrogen-bond donors (Lipinski definition) is 1. The molecule has 5 nitrogen and oxygen atoms in total. The van der Waals surface area contributed by atoms with E-state index < -0.39 is 0 Å². The van der Waals surface area contributed by atoms with Gasteiger partial charge in [-0.1, -0.05) is 18.2 Å². The molecular formula is C19H23N3O2. The normalized spacial score (nSPS) is 16.8. The topological polar surface area (TPSA) is 44.8 Å². The summed E-state index contributed by atoms with van der Waals surface area (Å²) in [5.41, 5.74) is 1.98. The molecule has 0 aromatic heterocycles. The average molecular weight is 325 g/mol. The largest absolute Gasteiger partial charge is 0.497 e. The molecule has 1 atom stereocenters. The van der Waals surface area contributed by atoms with Crippen LogP contribution in [0.1, 0.15) is 6.42 Å². The Labute approximate surface area is 142 Å². The summed E-state index contributed by atoms with van der Waals surface area (Å²) in [6.07, 6.45) is 0.974. The summed E-state index contributed by atoms with van der Waals surface area (Å²) < 4.78 is 5.13. The predicted octanol–water partition coefficient (Wildman–Crippen LogP) is 3.44. The van der Waals surface area contributed by atoms with Crippen molar-refractivity contribution in [2.45, 2.75) is 12.5 Å². The quantitative estimate of drug-likeness (QED) is 0.936. The molecule has 0 unspecified atom stereocenters. The second-order valence-electron chi connectivity index (χ2n) is 5.99. The highest BCUT2D eigenvalue weighted by Gasteiger charge is 2.28. The van der Waals surface area contributed by atoms with Gasteiger partial charge in [0.1, 0.15) is 5.75 Å². The summed E-state index contributed by atoms with van der Waals surface area (Å²) in [5, 5.41) is 2.94. The molecule has 2 amide bonds. The molecule has 1 N–H and O–H groups in total. The maximum Gasteiger partial charge on any atom is 0.321 e. The minimum absolute atomic E-state index is 0.0833. The molecule has 0 bridgehead atoms. The van der Waals surface area contributed by atoms with Crippen LogP contribution in [0.2, 0.25) is 0 Å². The molecule has 1 fully saturated rings. The minimum Gasteiger partial charge on any atom is -0.497 e. The lowest BCUT2D eigenvalue weighted by molar-refractivity contribution is 0.208. The molecule has 126 valence electrons. The molecule has 1 aliphatic rings. The number of nitrogens with zero attached hydrogens (tertiary/aromatic N) is 2. The minimum atomic E-state index is -0.0833. The van der Waals surface area contributed by atoms with Crippen molar-refractivity contribution in [1.82, 2.24) is 4.90 Å². The van der Waals surface area contributed by atoms with E-state index in [-0.39, 0.29) is 12.1 Å². The van der Waals surface area contributed by atoms with Crippen molar-refractivity contribution in [2.75, 3.05) is 37.5 Å². The van der Waals surface area contributed by atoms with E-state index in [2.05, 4.69) is 22.3 Å². The maximum atomic E-state index is 12.5. The number of benzene rings is 2. The lowest BCUT2D eigenvalue weighted by atomic mass is 10.2. The number of likely N-dealkylation sites (N-methyl/N-ethyl adjacent to an activating group) is 1. The van der Waals surface area contributed by atoms with E-state index in [0.29, 0.717) is 0 Å². The summed E-state index contributed by atoms with van der Waals surface area (Å²) >= 11 is 0. The van der Waals surface area contributed by atoms with Gasteiger partial charge in [-0.2, -0.15) is 0 Å². The van der Waals surface area contributed by atoms with Crippen LogP contribution >= 0.6 is 0 Å². The van der Waals surface area contributed by atoms with Crippen molar-refractivity contribution in [3.05, 3.63) is 54.6 Å². The Balaban J connectivity index is 1.57. The molecule has 1 aliphatic heterocycles. The van der Waals surface area contributed by atoms with Crippen LogP contribution in [0.3, 0.4) is 0 Å². The van der Waals surface area contributed by atoms with Gasteiger partial charge in [-0.3, -0.25) is 0 Å². The van der Waals surface area contributed by atoms with E-state index in [4.69, 9.17) is 4.74 Å². The van der Waals surface area contributed by atoms with Gasteiger partial charge in [0.2, 0.25) is 0 Å². The van der Waals surface area contributed by atoms with Crippen LogP contribution in [0.15, 0.2) is 54.6 Å². The number of para-hydroxylation sites is 1. The smallest absolute Gasteiger partial charge is 0.321 e. The lowest BCUT2D eigenvalue weighted by Crippen LogP contribution is -2.41. The van der Waals surface area contributed by atoms with Crippen LogP contribution in [-0.2, 0) is 0 Å². The van der Waals surface area contributed by atoms with Crippen LogP contribution in [-0.4, -0.2) is 44.2 Å². The fourth-order valence-corrected chi connectivity index (χ4v) is 2.98. The first-order chi connectivity index (χ1) is 11.7. The molecule has 0 saturated carbocycles. The van der Waals surface area contributed by atoms with E-state index >= 15 is 0 Å². The fraction of sp³-hybridized carbons (Fsp3) is 0.316. The Morgan fingerprint density at radius 2 is 1.88 bits per heavy atom. The zero-order valence-corrected chi connectivity index (χ0v) is 14.1. The first-order valence-electron chi connectivity index (χ1n) is 8.15. The first kappa shape index (κ1) is 16.2. The second kappa shape index (κ2) is 7.25. The van der Waals surface area contributed by atoms with Crippen LogP contribution in [0.4, 0.5) is 16.2 Å². The van der Waals surface area contributed by atoms with Crippen molar-refractivity contribution in [3.8, 4) is 5.75 Å². The molecule has 3 rings (SSSR count). The number of ether oxygens (including phenoxy) is 1. The third kappa shape index (κ3) is 3.62. The average Bonchev–Trinajstić information content (AvgIpc) is 3.12. The Bertz CT molecular complexity index is 673. The van der Waals surface area contributed by atoms with Crippen molar-refractivity contribution in [3.63, 3.8) is 0 Å². The molecule has 0 aliphatic carbocycles. The number of rotatable bonds is 4. The van der Waals surface area contributed by atoms with Crippen LogP contribution in [0.5, 0.6) is 5.75 Å². The monoisotopic (exact) mass is 325 g/mol. The number of methoxy groups -OCH3 is 1. The van der Waals surface area contributed by atoms with Crippen molar-refractivity contribution in [1.29, 1.82) is 0 Å². The molecule has 0 spiro atoms. The van der Waals surface area contributed by atoms with Crippen molar-refractivity contribution < 1.29 is 9.53 Å². The highest BCUT2D eigenvalue weighted by atomic mass is 16.5. The predicted molar refractivity (Wildman–Crippen MR) is 96.8 cm³/mol. The number of urea groups is 1. The zero-order valence-electron chi connectivity index (χ0n) is 14.1. The van der Waals surface area contributed by atoms with Gasteiger partial charge in [0.25, 0.3) is 0 Å². The zero-order chi connectivity index (χ0) is 16.9. The standard InChI is InChI=1S/C19H23N3O2/c1-21(19(23)20-15-8-10-18(24-2)11-9-15)17-12-13-22(14-17)16-6-4-3-5-7-16/h3-11,17H,12-14H2,1-2H3,(H,20,23)/t17-/m1/s1. The summed E-state index contributed by atoms with van der Waals surface area (Å²) in [5.74, 6) is 0.774. The number of amides is 2. The van der Waals surface area contributed by atoms with Gasteiger partial charge in [0.05, 0.1) is 13.2 Å². The van der Waals surface area contributed by atoms with Gasteiger partial charge in [-0.25, -0.2) is 4.79 Å². The Kier molecular flexibility index (Phi) is 4.89. The highest BCUT2D eigenvalue weighted by Crippen LogP contribution is 2.23. The van der Waals surface area contributed by atoms with E-state index in [1.165, 1.54) is 5.69 Å². The summed E-state index contributed by atoms with van der Waals surface area (Å²) in [6, 6.07) is 17.8. The summed E-state index contributed by atoms with van der Waals surface area (Å²) in [4.78, 5) is 16.6. The van der Waals surface area contributed by atoms with Crippen molar-refractivity contribution >= 4 is 17.4 Å². The van der Waals surface area contributed by atoms with Gasteiger partial charge in [0, 0.05) is 31.5 Å². The van der Waals surface area contributed by atoms with Gasteiger partial charge >= 0.3 is 6.03 Å². The molecular weight excluding hydrogens is 302 g/mol. The Hall–Kier alpha value is -2.69. The first-order valence-corrected chi connectivity index (χ1v) is 8.15. The highest BCUT2D eigenvalue weighted by molar-refractivity contribution is 5.89. The Morgan fingerprint density at radius 3 is 2.54 bits per heavy atom. The fourth-order valence-electron chi connectivity index (χ4n) is 2.98. The van der Waals surface area contributed by atoms with Gasteiger partial charge < -0.3 is 19.9 Å². The SMILES string of the molecule is COc1ccc(NC(=O)N(C)[C@@H]2CCN(c3ccccc3)C2)cc1. The second-order valence-corrected chi connectivity index (χ2v) is 5.99. The third-order valence-electron chi connectivity index (χ3n) is 4.49. The van der Waals surface area contributed by atoms with Crippen LogP contribution in [0, 0.1) is 0 Å². The molecule has 2 aromatic carbocycles. The van der Waals surface area contributed by atoms with Gasteiger partial charge in [-0.15, -0.1) is 0 Å². The van der Waals surface area contributed by atoms with Gasteiger partial charge in [-0.05, 0) is 42.8 Å². The Morgan fingerprint density at radius 1 is 1.17 bits per heavy atom. The number of carbonyl (C=O) groups is 1. The van der Waals surface area contributed by atoms with E-state index in [1.54, 1.807) is 12.0 Å². The number of carbonyl (C=O) groups excluding carboxylic acids is 1. The molecule has 1 heterocycles. The van der Waals surface area contributed by atoms with Gasteiger partial charge in [0.15, 0.2) is 0 Å². The molecule has 24 heavy (non-hydrogen) atoms. The molecule has 0 radical (unpaired) electrons. The van der Waals surface area contributed by atoms with E-state index in [1.807, 2.05) is 49.5 Å². The van der Waals surface area contributed by atoms with E-state index in [0.717, 1.165) is 30.9 Å². The maximum absolute atomic E-state index is 12.5. The van der Waals surface area contributed by atoms with Crippen LogP contribution in [0.25, 0.3) is 0 Å². The lowest BCUT2D eigenvalue weighted by Gasteiger charge is -2.25. The van der Waals surface area contributed by atoms with E-state index in [9.17, 15) is 4.79 Å². The van der Waals surface area contributed by atoms with Crippen LogP contribution < -0.4 is 15.0 Å². The summed E-state index contributed by atoms with van der Waals surface area (Å²) in [7, 11) is 3.48. The third-order valence-corrected chi connectivity index (χ3v) is 4.49. The number of anilines is 2. The number of hydrogen-bond acceptors (Lipinski definition) is 3. The molecule has 2 aromatic rings. The number of nitrogens with one attached hydrogen (secondary N) is 1. The molecule has 5 heteroatoms. The van der Waals surface area contributed by atoms with Crippen molar-refractivity contribution in [2.24, 2.45) is 0 Å². The summed E-state index contributed by atoms with van der Waals surface area (Å²) in [6.45, 7) is 1.82. The molecule has 1 saturated heterocycles.